The fraction of sp³-hybridized carbons (Fsp3) is 0.458. The van der Waals surface area contributed by atoms with Crippen molar-refractivity contribution in [1.29, 1.82) is 0 Å². The zero-order valence-corrected chi connectivity index (χ0v) is 24.6. The Morgan fingerprint density at radius 2 is 1.68 bits per heavy atom. The van der Waals surface area contributed by atoms with Gasteiger partial charge in [0.05, 0.1) is 43.8 Å². The lowest BCUT2D eigenvalue weighted by molar-refractivity contribution is -0.124. The summed E-state index contributed by atoms with van der Waals surface area (Å²) in [5.74, 6) is -1.63. The first kappa shape index (κ1) is 29.8. The zero-order chi connectivity index (χ0) is 29.2. The Morgan fingerprint density at radius 1 is 1.02 bits per heavy atom. The highest BCUT2D eigenvalue weighted by atomic mass is 32.1. The number of esters is 2. The second-order valence-electron chi connectivity index (χ2n) is 9.16. The number of aliphatic imine (C=N–C) groups is 1. The molecule has 3 aromatic rings. The molecule has 0 spiro atoms. The third-order valence-corrected chi connectivity index (χ3v) is 9.19. The molecule has 0 aliphatic carbocycles. The van der Waals surface area contributed by atoms with E-state index in [-0.39, 0.29) is 11.4 Å². The number of hydrogen-bond acceptors (Lipinski definition) is 15. The Kier molecular flexibility index (Phi) is 9.06. The maximum absolute atomic E-state index is 13.1. The van der Waals surface area contributed by atoms with E-state index in [0.717, 1.165) is 0 Å². The minimum atomic E-state index is -1.24. The maximum Gasteiger partial charge on any atom is 0.357 e. The van der Waals surface area contributed by atoms with Gasteiger partial charge in [-0.1, -0.05) is 0 Å². The van der Waals surface area contributed by atoms with Crippen molar-refractivity contribution in [3.05, 3.63) is 48.2 Å². The molecule has 0 fully saturated rings. The zero-order valence-electron chi connectivity index (χ0n) is 22.1. The number of ether oxygens (including phenoxy) is 2. The first-order chi connectivity index (χ1) is 19.0. The van der Waals surface area contributed by atoms with E-state index in [1.807, 2.05) is 0 Å². The van der Waals surface area contributed by atoms with Crippen LogP contribution in [-0.2, 0) is 19.8 Å². The molecule has 16 heteroatoms. The van der Waals surface area contributed by atoms with Crippen molar-refractivity contribution in [2.75, 3.05) is 14.2 Å². The minimum Gasteiger partial charge on any atom is -0.464 e. The molecule has 0 aromatic carbocycles. The van der Waals surface area contributed by atoms with Crippen molar-refractivity contribution in [2.45, 2.75) is 56.5 Å². The lowest BCUT2D eigenvalue weighted by atomic mass is 9.80. The van der Waals surface area contributed by atoms with Crippen molar-refractivity contribution in [3.63, 3.8) is 0 Å². The third kappa shape index (κ3) is 5.82. The molecule has 3 aromatic heterocycles. The van der Waals surface area contributed by atoms with Gasteiger partial charge in [0, 0.05) is 16.1 Å². The molecule has 13 nitrogen and oxygen atoms in total. The average molecular weight is 608 g/mol. The number of rotatable bonds is 9. The molecular weight excluding hydrogens is 579 g/mol. The Bertz CT molecular complexity index is 1430. The smallest absolute Gasteiger partial charge is 0.357 e. The molecule has 1 aliphatic heterocycles. The van der Waals surface area contributed by atoms with Crippen LogP contribution in [0.3, 0.4) is 0 Å². The number of carbonyl (C=O) groups excluding carboxylic acids is 3. The summed E-state index contributed by atoms with van der Waals surface area (Å²) in [6.45, 7) is 3.13. The summed E-state index contributed by atoms with van der Waals surface area (Å²) in [7, 11) is 2.53. The summed E-state index contributed by atoms with van der Waals surface area (Å²) in [5.41, 5.74) is 12.2. The highest BCUT2D eigenvalue weighted by molar-refractivity contribution is 7.12. The van der Waals surface area contributed by atoms with Crippen LogP contribution in [0.2, 0.25) is 0 Å². The van der Waals surface area contributed by atoms with Crippen LogP contribution in [0.25, 0.3) is 0 Å². The molecule has 40 heavy (non-hydrogen) atoms. The average Bonchev–Trinajstić information content (AvgIpc) is 3.72. The monoisotopic (exact) mass is 607 g/mol. The van der Waals surface area contributed by atoms with Crippen LogP contribution < -0.4 is 16.8 Å². The van der Waals surface area contributed by atoms with Gasteiger partial charge in [0.1, 0.15) is 26.6 Å². The summed E-state index contributed by atoms with van der Waals surface area (Å²) >= 11 is 3.67. The van der Waals surface area contributed by atoms with Gasteiger partial charge >= 0.3 is 11.9 Å². The summed E-state index contributed by atoms with van der Waals surface area (Å²) in [4.78, 5) is 56.0. The predicted molar refractivity (Wildman–Crippen MR) is 150 cm³/mol. The molecule has 4 rings (SSSR count). The normalized spacial score (nSPS) is 21.2. The van der Waals surface area contributed by atoms with Crippen molar-refractivity contribution in [2.24, 2.45) is 16.5 Å². The van der Waals surface area contributed by atoms with Gasteiger partial charge in [-0.05, 0) is 26.7 Å². The van der Waals surface area contributed by atoms with Gasteiger partial charge in [-0.15, -0.1) is 34.0 Å². The van der Waals surface area contributed by atoms with Crippen LogP contribution >= 0.6 is 34.0 Å². The van der Waals surface area contributed by atoms with Gasteiger partial charge in [-0.2, -0.15) is 0 Å². The van der Waals surface area contributed by atoms with Gasteiger partial charge in [-0.3, -0.25) is 9.79 Å². The van der Waals surface area contributed by atoms with Crippen LogP contribution in [0, 0.1) is 0 Å². The molecule has 0 saturated carbocycles. The summed E-state index contributed by atoms with van der Waals surface area (Å²) in [6.07, 6.45) is -0.201. The Labute approximate surface area is 241 Å². The van der Waals surface area contributed by atoms with Crippen molar-refractivity contribution in [1.82, 2.24) is 20.3 Å². The van der Waals surface area contributed by atoms with E-state index in [2.05, 4.69) is 15.3 Å². The fourth-order valence-electron chi connectivity index (χ4n) is 4.07. The van der Waals surface area contributed by atoms with Gasteiger partial charge in [0.15, 0.2) is 11.4 Å². The first-order valence-electron chi connectivity index (χ1n) is 12.1. The van der Waals surface area contributed by atoms with Crippen molar-refractivity contribution < 1.29 is 29.0 Å². The number of amides is 1. The lowest BCUT2D eigenvalue weighted by Crippen LogP contribution is -2.55. The number of nitrogens with two attached hydrogens (primary N) is 2. The number of aliphatic hydroxyl groups is 1. The van der Waals surface area contributed by atoms with Crippen LogP contribution in [0.5, 0.6) is 0 Å². The Balaban J connectivity index is 1.89. The van der Waals surface area contributed by atoms with E-state index in [9.17, 15) is 19.5 Å². The van der Waals surface area contributed by atoms with Gasteiger partial charge in [0.2, 0.25) is 5.91 Å². The number of nitrogens with one attached hydrogen (secondary N) is 1. The van der Waals surface area contributed by atoms with E-state index in [0.29, 0.717) is 39.3 Å². The fourth-order valence-corrected chi connectivity index (χ4v) is 6.82. The molecule has 214 valence electrons. The summed E-state index contributed by atoms with van der Waals surface area (Å²) in [5, 5.41) is 19.4. The van der Waals surface area contributed by atoms with Crippen molar-refractivity contribution >= 4 is 57.6 Å². The molecule has 6 N–H and O–H groups in total. The Morgan fingerprint density at radius 3 is 2.30 bits per heavy atom. The molecule has 0 radical (unpaired) electrons. The molecule has 0 saturated heterocycles. The van der Waals surface area contributed by atoms with Crippen LogP contribution in [-0.4, -0.2) is 70.0 Å². The molecule has 5 atom stereocenters. The van der Waals surface area contributed by atoms with Crippen LogP contribution in [0.4, 0.5) is 0 Å². The number of thiazole rings is 3. The highest BCUT2D eigenvalue weighted by Crippen LogP contribution is 2.47. The van der Waals surface area contributed by atoms with E-state index < -0.39 is 47.6 Å². The second kappa shape index (κ2) is 12.2. The van der Waals surface area contributed by atoms with E-state index in [1.54, 1.807) is 30.0 Å². The molecule has 1 amide bonds. The van der Waals surface area contributed by atoms with E-state index >= 15 is 0 Å². The number of nitrogens with zero attached hydrogens (tertiary/aromatic N) is 4. The van der Waals surface area contributed by atoms with Crippen molar-refractivity contribution in [3.8, 4) is 0 Å². The predicted octanol–water partition coefficient (Wildman–Crippen LogP) is 1.69. The maximum atomic E-state index is 13.1. The number of hydrogen-bond donors (Lipinski definition) is 4. The number of carbonyl (C=O) groups is 3. The van der Waals surface area contributed by atoms with Gasteiger partial charge in [0.25, 0.3) is 0 Å². The van der Waals surface area contributed by atoms with E-state index in [1.165, 1.54) is 48.2 Å². The summed E-state index contributed by atoms with van der Waals surface area (Å²) < 4.78 is 9.62. The van der Waals surface area contributed by atoms with Crippen LogP contribution in [0.15, 0.2) is 21.1 Å². The molecular formula is C24H29N7O6S3. The SMILES string of the molecule is COC(=O)c1csc(C2=N[C@H](c3csc([C@@H](N)[C@@H](C)O)n3)[C@](NC(=O)[C@H](C)N)(c3nc(C(=O)OC)cs3)CC2)n1. The quantitative estimate of drug-likeness (QED) is 0.258. The largest absolute Gasteiger partial charge is 0.464 e. The summed E-state index contributed by atoms with van der Waals surface area (Å²) in [6, 6.07) is -2.42. The van der Waals surface area contributed by atoms with E-state index in [4.69, 9.17) is 30.9 Å². The minimum absolute atomic E-state index is 0.0863. The second-order valence-corrected chi connectivity index (χ2v) is 11.8. The molecule has 0 bridgehead atoms. The molecule has 1 aliphatic rings. The molecule has 0 unspecified atom stereocenters. The van der Waals surface area contributed by atoms with Crippen LogP contribution in [0.1, 0.15) is 80.5 Å². The lowest BCUT2D eigenvalue weighted by Gasteiger charge is -2.41. The number of aromatic nitrogens is 3. The highest BCUT2D eigenvalue weighted by Gasteiger charge is 2.49. The Hall–Kier alpha value is -3.15. The molecule has 4 heterocycles. The third-order valence-electron chi connectivity index (χ3n) is 6.32. The topological polar surface area (TPSA) is 205 Å². The number of methoxy groups -OCH3 is 2. The number of aliphatic hydroxyl groups excluding tert-OH is 1. The van der Waals surface area contributed by atoms with Gasteiger partial charge in [-0.25, -0.2) is 24.5 Å². The standard InChI is InChI=1S/C24H29N7O6S3/c1-10(25)18(33)31-24(23-30-15(9-40-23)22(35)37-4)6-5-12(19-29-14(8-38-19)21(34)36-3)27-17(24)13-7-39-20(28-13)16(26)11(2)32/h7-11,16-17,32H,5-6,25-26H2,1-4H3,(H,31,33)/t10-,11+,16-,17+,24-/m0/s1. The van der Waals surface area contributed by atoms with Gasteiger partial charge < -0.3 is 31.4 Å². The first-order valence-corrected chi connectivity index (χ1v) is 14.8.